The average molecular weight is 224 g/mol. The fourth-order valence-electron chi connectivity index (χ4n) is 1.66. The minimum Gasteiger partial charge on any atom is -0.469 e. The van der Waals surface area contributed by atoms with Gasteiger partial charge in [-0.25, -0.2) is 4.39 Å². The normalized spacial score (nSPS) is 12.6. The van der Waals surface area contributed by atoms with Crippen LogP contribution >= 0.6 is 0 Å². The third kappa shape index (κ3) is 3.33. The highest BCUT2D eigenvalue weighted by Crippen LogP contribution is 2.19. The van der Waals surface area contributed by atoms with Gasteiger partial charge in [-0.1, -0.05) is 26.0 Å². The standard InChI is InChI=1S/C13H17FO2/c1-9(2)12(13(15)16-3)8-10-5-4-6-11(14)7-10/h4-7,9,12H,8H2,1-3H3. The van der Waals surface area contributed by atoms with Crippen molar-refractivity contribution in [2.24, 2.45) is 11.8 Å². The van der Waals surface area contributed by atoms with Crippen LogP contribution in [0.25, 0.3) is 0 Å². The SMILES string of the molecule is COC(=O)C(Cc1cccc(F)c1)C(C)C. The second-order valence-electron chi connectivity index (χ2n) is 4.21. The van der Waals surface area contributed by atoms with Gasteiger partial charge in [0.05, 0.1) is 13.0 Å². The number of carbonyl (C=O) groups is 1. The molecule has 0 bridgehead atoms. The molecule has 1 rings (SSSR count). The third-order valence-corrected chi connectivity index (χ3v) is 2.65. The van der Waals surface area contributed by atoms with Gasteiger partial charge in [-0.05, 0) is 30.0 Å². The highest BCUT2D eigenvalue weighted by Gasteiger charge is 2.23. The predicted molar refractivity (Wildman–Crippen MR) is 60.4 cm³/mol. The molecule has 1 aromatic rings. The molecule has 1 aromatic carbocycles. The number of hydrogen-bond acceptors (Lipinski definition) is 2. The Bertz CT molecular complexity index is 361. The Labute approximate surface area is 95.4 Å². The van der Waals surface area contributed by atoms with Crippen molar-refractivity contribution >= 4 is 5.97 Å². The van der Waals surface area contributed by atoms with Crippen LogP contribution in [0.4, 0.5) is 4.39 Å². The Balaban J connectivity index is 2.79. The molecule has 88 valence electrons. The Morgan fingerprint density at radius 1 is 1.44 bits per heavy atom. The van der Waals surface area contributed by atoms with Crippen LogP contribution in [0.1, 0.15) is 19.4 Å². The molecular weight excluding hydrogens is 207 g/mol. The molecule has 3 heteroatoms. The fraction of sp³-hybridized carbons (Fsp3) is 0.462. The molecule has 0 aliphatic carbocycles. The number of halogens is 1. The van der Waals surface area contributed by atoms with Crippen LogP contribution in [0, 0.1) is 17.7 Å². The molecule has 0 aromatic heterocycles. The van der Waals surface area contributed by atoms with Crippen LogP contribution in [0.5, 0.6) is 0 Å². The zero-order chi connectivity index (χ0) is 12.1. The lowest BCUT2D eigenvalue weighted by Gasteiger charge is -2.18. The maximum atomic E-state index is 13.0. The monoisotopic (exact) mass is 224 g/mol. The highest BCUT2D eigenvalue weighted by molar-refractivity contribution is 5.72. The van der Waals surface area contributed by atoms with E-state index in [1.165, 1.54) is 19.2 Å². The van der Waals surface area contributed by atoms with E-state index < -0.39 is 0 Å². The van der Waals surface area contributed by atoms with Gasteiger partial charge in [0.15, 0.2) is 0 Å². The van der Waals surface area contributed by atoms with Crippen LogP contribution < -0.4 is 0 Å². The Morgan fingerprint density at radius 3 is 2.62 bits per heavy atom. The van der Waals surface area contributed by atoms with Crippen LogP contribution in [-0.2, 0) is 16.0 Å². The quantitative estimate of drug-likeness (QED) is 0.735. The molecule has 16 heavy (non-hydrogen) atoms. The van der Waals surface area contributed by atoms with E-state index in [-0.39, 0.29) is 23.6 Å². The van der Waals surface area contributed by atoms with Crippen molar-refractivity contribution < 1.29 is 13.9 Å². The molecule has 0 radical (unpaired) electrons. The topological polar surface area (TPSA) is 26.3 Å². The molecule has 0 saturated heterocycles. The summed E-state index contributed by atoms with van der Waals surface area (Å²) in [5.41, 5.74) is 0.823. The van der Waals surface area contributed by atoms with Crippen LogP contribution in [-0.4, -0.2) is 13.1 Å². The van der Waals surface area contributed by atoms with Crippen LogP contribution in [0.2, 0.25) is 0 Å². The lowest BCUT2D eigenvalue weighted by atomic mass is 9.89. The molecule has 0 aliphatic heterocycles. The van der Waals surface area contributed by atoms with Gasteiger partial charge in [0.25, 0.3) is 0 Å². The van der Waals surface area contributed by atoms with Gasteiger partial charge >= 0.3 is 5.97 Å². The zero-order valence-electron chi connectivity index (χ0n) is 9.87. The lowest BCUT2D eigenvalue weighted by molar-refractivity contribution is -0.146. The summed E-state index contributed by atoms with van der Waals surface area (Å²) in [5, 5.41) is 0. The summed E-state index contributed by atoms with van der Waals surface area (Å²) < 4.78 is 17.7. The van der Waals surface area contributed by atoms with E-state index in [1.54, 1.807) is 6.07 Å². The highest BCUT2D eigenvalue weighted by atomic mass is 19.1. The minimum absolute atomic E-state index is 0.177. The van der Waals surface area contributed by atoms with Crippen molar-refractivity contribution in [2.45, 2.75) is 20.3 Å². The van der Waals surface area contributed by atoms with E-state index in [0.717, 1.165) is 5.56 Å². The number of benzene rings is 1. The summed E-state index contributed by atoms with van der Waals surface area (Å²) in [4.78, 5) is 11.5. The van der Waals surface area contributed by atoms with Crippen LogP contribution in [0.3, 0.4) is 0 Å². The first kappa shape index (κ1) is 12.7. The molecule has 0 heterocycles. The summed E-state index contributed by atoms with van der Waals surface area (Å²) in [5.74, 6) is -0.549. The van der Waals surface area contributed by atoms with E-state index in [2.05, 4.69) is 0 Å². The van der Waals surface area contributed by atoms with Crippen molar-refractivity contribution in [3.05, 3.63) is 35.6 Å². The fourth-order valence-corrected chi connectivity index (χ4v) is 1.66. The summed E-state index contributed by atoms with van der Waals surface area (Å²) in [6.45, 7) is 3.92. The van der Waals surface area contributed by atoms with Crippen LogP contribution in [0.15, 0.2) is 24.3 Å². The number of esters is 1. The van der Waals surface area contributed by atoms with Gasteiger partial charge in [0.1, 0.15) is 5.82 Å². The first-order valence-corrected chi connectivity index (χ1v) is 5.37. The number of ether oxygens (including phenoxy) is 1. The first-order chi connectivity index (χ1) is 7.54. The minimum atomic E-state index is -0.273. The van der Waals surface area contributed by atoms with Gasteiger partial charge in [-0.2, -0.15) is 0 Å². The largest absolute Gasteiger partial charge is 0.469 e. The maximum absolute atomic E-state index is 13.0. The molecular formula is C13H17FO2. The van der Waals surface area contributed by atoms with Gasteiger partial charge < -0.3 is 4.74 Å². The number of hydrogen-bond donors (Lipinski definition) is 0. The van der Waals surface area contributed by atoms with Gasteiger partial charge in [0, 0.05) is 0 Å². The third-order valence-electron chi connectivity index (χ3n) is 2.65. The number of carbonyl (C=O) groups excluding carboxylic acids is 1. The molecule has 1 atom stereocenters. The molecule has 0 amide bonds. The van der Waals surface area contributed by atoms with Crippen molar-refractivity contribution in [1.82, 2.24) is 0 Å². The lowest BCUT2D eigenvalue weighted by Crippen LogP contribution is -2.23. The summed E-state index contributed by atoms with van der Waals surface area (Å²) >= 11 is 0. The first-order valence-electron chi connectivity index (χ1n) is 5.37. The van der Waals surface area contributed by atoms with Crippen molar-refractivity contribution in [3.63, 3.8) is 0 Å². The smallest absolute Gasteiger partial charge is 0.309 e. The second kappa shape index (κ2) is 5.64. The van der Waals surface area contributed by atoms with Crippen molar-refractivity contribution in [3.8, 4) is 0 Å². The van der Waals surface area contributed by atoms with E-state index >= 15 is 0 Å². The Hall–Kier alpha value is -1.38. The van der Waals surface area contributed by atoms with E-state index in [4.69, 9.17) is 4.74 Å². The molecule has 0 aliphatic rings. The Morgan fingerprint density at radius 2 is 2.12 bits per heavy atom. The zero-order valence-corrected chi connectivity index (χ0v) is 9.87. The van der Waals surface area contributed by atoms with E-state index in [9.17, 15) is 9.18 Å². The summed E-state index contributed by atoms with van der Waals surface area (Å²) in [6.07, 6.45) is 0.516. The molecule has 0 spiro atoms. The van der Waals surface area contributed by atoms with E-state index in [1.807, 2.05) is 19.9 Å². The summed E-state index contributed by atoms with van der Waals surface area (Å²) in [6, 6.07) is 6.32. The Kier molecular flexibility index (Phi) is 4.47. The van der Waals surface area contributed by atoms with Crippen molar-refractivity contribution in [1.29, 1.82) is 0 Å². The van der Waals surface area contributed by atoms with Gasteiger partial charge in [-0.15, -0.1) is 0 Å². The van der Waals surface area contributed by atoms with Gasteiger partial charge in [-0.3, -0.25) is 4.79 Å². The van der Waals surface area contributed by atoms with Gasteiger partial charge in [0.2, 0.25) is 0 Å². The number of methoxy groups -OCH3 is 1. The maximum Gasteiger partial charge on any atom is 0.309 e. The predicted octanol–water partition coefficient (Wildman–Crippen LogP) is 2.81. The van der Waals surface area contributed by atoms with E-state index in [0.29, 0.717) is 6.42 Å². The van der Waals surface area contributed by atoms with Crippen molar-refractivity contribution in [2.75, 3.05) is 7.11 Å². The summed E-state index contributed by atoms with van der Waals surface area (Å²) in [7, 11) is 1.38. The second-order valence-corrected chi connectivity index (χ2v) is 4.21. The molecule has 0 saturated carbocycles. The molecule has 0 fully saturated rings. The molecule has 2 nitrogen and oxygen atoms in total. The number of rotatable bonds is 4. The molecule has 1 unspecified atom stereocenters. The average Bonchev–Trinajstić information content (AvgIpc) is 2.24. The molecule has 0 N–H and O–H groups in total.